The lowest BCUT2D eigenvalue weighted by atomic mass is 10.3. The third-order valence-electron chi connectivity index (χ3n) is 1.83. The zero-order chi connectivity index (χ0) is 11.4. The van der Waals surface area contributed by atoms with Gasteiger partial charge in [-0.3, -0.25) is 4.79 Å². The van der Waals surface area contributed by atoms with Gasteiger partial charge in [0.25, 0.3) is 5.91 Å². The zero-order valence-corrected chi connectivity index (χ0v) is 12.8. The fourth-order valence-electron chi connectivity index (χ4n) is 0.938. The molecule has 0 bridgehead atoms. The Hall–Kier alpha value is 0.420. The van der Waals surface area contributed by atoms with Crippen molar-refractivity contribution < 1.29 is 4.79 Å². The van der Waals surface area contributed by atoms with Crippen molar-refractivity contribution in [3.63, 3.8) is 0 Å². The summed E-state index contributed by atoms with van der Waals surface area (Å²) in [6, 6.07) is 1.79. The van der Waals surface area contributed by atoms with Gasteiger partial charge in [-0.15, -0.1) is 22.9 Å². The number of nitrogens with one attached hydrogen (secondary N) is 1. The van der Waals surface area contributed by atoms with E-state index in [1.807, 2.05) is 6.92 Å². The number of halogens is 3. The molecule has 1 atom stereocenters. The first-order chi connectivity index (χ1) is 7.04. The number of thiophene rings is 1. The summed E-state index contributed by atoms with van der Waals surface area (Å²) in [6.45, 7) is 2.48. The number of amides is 1. The van der Waals surface area contributed by atoms with Crippen molar-refractivity contribution in [3.8, 4) is 0 Å². The zero-order valence-electron chi connectivity index (χ0n) is 8.02. The van der Waals surface area contributed by atoms with Crippen molar-refractivity contribution in [1.82, 2.24) is 5.32 Å². The van der Waals surface area contributed by atoms with E-state index in [1.54, 1.807) is 6.07 Å². The summed E-state index contributed by atoms with van der Waals surface area (Å²) >= 11 is 14.0. The van der Waals surface area contributed by atoms with Gasteiger partial charge in [-0.2, -0.15) is 0 Å². The molecule has 0 aromatic carbocycles. The SMILES string of the molecule is CCC(Cl)CNC(=O)c1cc(Br)sc1Br. The molecule has 1 unspecified atom stereocenters. The van der Waals surface area contributed by atoms with Gasteiger partial charge in [-0.05, 0) is 44.3 Å². The van der Waals surface area contributed by atoms with Gasteiger partial charge in [0.2, 0.25) is 0 Å². The summed E-state index contributed by atoms with van der Waals surface area (Å²) in [5.74, 6) is -0.0945. The molecule has 1 aromatic heterocycles. The minimum Gasteiger partial charge on any atom is -0.350 e. The molecule has 0 fully saturated rings. The summed E-state index contributed by atoms with van der Waals surface area (Å²) in [5.41, 5.74) is 0.645. The topological polar surface area (TPSA) is 29.1 Å². The summed E-state index contributed by atoms with van der Waals surface area (Å²) < 4.78 is 1.76. The van der Waals surface area contributed by atoms with Crippen LogP contribution in [0.4, 0.5) is 0 Å². The van der Waals surface area contributed by atoms with E-state index in [-0.39, 0.29) is 11.3 Å². The van der Waals surface area contributed by atoms with Gasteiger partial charge in [0.1, 0.15) is 0 Å². The summed E-state index contributed by atoms with van der Waals surface area (Å²) in [4.78, 5) is 11.7. The summed E-state index contributed by atoms with van der Waals surface area (Å²) in [5, 5.41) is 2.78. The van der Waals surface area contributed by atoms with Crippen LogP contribution in [0.1, 0.15) is 23.7 Å². The molecule has 0 aliphatic rings. The number of carbonyl (C=O) groups excluding carboxylic acids is 1. The Labute approximate surface area is 115 Å². The van der Waals surface area contributed by atoms with Crippen LogP contribution in [0, 0.1) is 0 Å². The first-order valence-electron chi connectivity index (χ1n) is 4.41. The second kappa shape index (κ2) is 6.23. The molecule has 2 nitrogen and oxygen atoms in total. The van der Waals surface area contributed by atoms with Crippen molar-refractivity contribution in [3.05, 3.63) is 19.2 Å². The molecule has 0 aliphatic heterocycles. The van der Waals surface area contributed by atoms with Crippen molar-refractivity contribution in [2.24, 2.45) is 0 Å². The van der Waals surface area contributed by atoms with Crippen LogP contribution in [0.2, 0.25) is 0 Å². The highest BCUT2D eigenvalue weighted by Crippen LogP contribution is 2.31. The highest BCUT2D eigenvalue weighted by Gasteiger charge is 2.14. The van der Waals surface area contributed by atoms with Crippen molar-refractivity contribution in [2.75, 3.05) is 6.54 Å². The molecule has 0 radical (unpaired) electrons. The molecular weight excluding hydrogens is 365 g/mol. The number of alkyl halides is 1. The van der Waals surface area contributed by atoms with Crippen molar-refractivity contribution in [1.29, 1.82) is 0 Å². The minimum absolute atomic E-state index is 0.00481. The quantitative estimate of drug-likeness (QED) is 0.792. The fraction of sp³-hybridized carbons (Fsp3) is 0.444. The number of hydrogen-bond donors (Lipinski definition) is 1. The van der Waals surface area contributed by atoms with Crippen LogP contribution in [0.3, 0.4) is 0 Å². The molecule has 0 saturated carbocycles. The Kier molecular flexibility index (Phi) is 5.60. The Bertz CT molecular complexity index is 356. The number of hydrogen-bond acceptors (Lipinski definition) is 2. The molecule has 1 amide bonds. The molecule has 84 valence electrons. The van der Waals surface area contributed by atoms with E-state index in [0.717, 1.165) is 14.0 Å². The first kappa shape index (κ1) is 13.5. The van der Waals surface area contributed by atoms with E-state index in [2.05, 4.69) is 37.2 Å². The highest BCUT2D eigenvalue weighted by atomic mass is 79.9. The maximum Gasteiger partial charge on any atom is 0.253 e. The Balaban J connectivity index is 2.58. The van der Waals surface area contributed by atoms with Crippen LogP contribution in [-0.4, -0.2) is 17.8 Å². The highest BCUT2D eigenvalue weighted by molar-refractivity contribution is 9.12. The van der Waals surface area contributed by atoms with E-state index >= 15 is 0 Å². The lowest BCUT2D eigenvalue weighted by molar-refractivity contribution is 0.0953. The van der Waals surface area contributed by atoms with Crippen LogP contribution in [0.25, 0.3) is 0 Å². The normalized spacial score (nSPS) is 12.5. The second-order valence-electron chi connectivity index (χ2n) is 2.95. The second-order valence-corrected chi connectivity index (χ2v) is 7.32. The molecule has 1 N–H and O–H groups in total. The Morgan fingerprint density at radius 3 is 2.80 bits per heavy atom. The molecule has 6 heteroatoms. The average molecular weight is 376 g/mol. The van der Waals surface area contributed by atoms with Crippen LogP contribution < -0.4 is 5.32 Å². The van der Waals surface area contributed by atoms with Gasteiger partial charge in [-0.1, -0.05) is 6.92 Å². The van der Waals surface area contributed by atoms with Gasteiger partial charge >= 0.3 is 0 Å². The first-order valence-corrected chi connectivity index (χ1v) is 7.25. The van der Waals surface area contributed by atoms with Gasteiger partial charge < -0.3 is 5.32 Å². The van der Waals surface area contributed by atoms with Gasteiger partial charge in [0.05, 0.1) is 18.5 Å². The average Bonchev–Trinajstić information content (AvgIpc) is 2.53. The van der Waals surface area contributed by atoms with E-state index in [4.69, 9.17) is 11.6 Å². The smallest absolute Gasteiger partial charge is 0.253 e. The molecule has 1 aromatic rings. The summed E-state index contributed by atoms with van der Waals surface area (Å²) in [7, 11) is 0. The van der Waals surface area contributed by atoms with Crippen LogP contribution >= 0.6 is 54.8 Å². The van der Waals surface area contributed by atoms with E-state index < -0.39 is 0 Å². The number of rotatable bonds is 4. The predicted octanol–water partition coefficient (Wildman–Crippen LogP) is 4.02. The molecular formula is C9H10Br2ClNOS. The predicted molar refractivity (Wildman–Crippen MR) is 72.0 cm³/mol. The monoisotopic (exact) mass is 373 g/mol. The van der Waals surface area contributed by atoms with Gasteiger partial charge in [-0.25, -0.2) is 0 Å². The Morgan fingerprint density at radius 1 is 1.67 bits per heavy atom. The lowest BCUT2D eigenvalue weighted by Gasteiger charge is -2.07. The maximum absolute atomic E-state index is 11.7. The van der Waals surface area contributed by atoms with E-state index in [0.29, 0.717) is 12.1 Å². The number of carbonyl (C=O) groups is 1. The minimum atomic E-state index is -0.0945. The maximum atomic E-state index is 11.7. The van der Waals surface area contributed by atoms with Crippen LogP contribution in [0.5, 0.6) is 0 Å². The van der Waals surface area contributed by atoms with E-state index in [9.17, 15) is 4.79 Å². The molecule has 0 saturated heterocycles. The van der Waals surface area contributed by atoms with Gasteiger partial charge in [0, 0.05) is 6.54 Å². The molecule has 1 rings (SSSR count). The van der Waals surface area contributed by atoms with E-state index in [1.165, 1.54) is 11.3 Å². The molecule has 0 aliphatic carbocycles. The van der Waals surface area contributed by atoms with Crippen molar-refractivity contribution in [2.45, 2.75) is 18.7 Å². The Morgan fingerprint density at radius 2 is 2.33 bits per heavy atom. The largest absolute Gasteiger partial charge is 0.350 e. The van der Waals surface area contributed by atoms with Gasteiger partial charge in [0.15, 0.2) is 0 Å². The standard InChI is InChI=1S/C9H10Br2ClNOS/c1-2-5(12)4-13-9(14)6-3-7(10)15-8(6)11/h3,5H,2,4H2,1H3,(H,13,14). The molecule has 1 heterocycles. The van der Waals surface area contributed by atoms with Crippen molar-refractivity contribution >= 4 is 60.7 Å². The lowest BCUT2D eigenvalue weighted by Crippen LogP contribution is -2.29. The molecule has 15 heavy (non-hydrogen) atoms. The molecule has 0 spiro atoms. The van der Waals surface area contributed by atoms with Crippen LogP contribution in [-0.2, 0) is 0 Å². The van der Waals surface area contributed by atoms with Crippen LogP contribution in [0.15, 0.2) is 13.6 Å². The fourth-order valence-corrected chi connectivity index (χ4v) is 3.81. The summed E-state index contributed by atoms with van der Waals surface area (Å²) in [6.07, 6.45) is 0.844. The third-order valence-corrected chi connectivity index (χ3v) is 4.63. The third kappa shape index (κ3) is 4.06.